The second-order valence-electron chi connectivity index (χ2n) is 2.47. The fraction of sp³-hybridized carbons (Fsp3) is 0.714. The Bertz CT molecular complexity index is 146. The topological polar surface area (TPSA) is 12.0 Å². The Kier molecular flexibility index (Phi) is 4.23. The van der Waals surface area contributed by atoms with Crippen LogP contribution in [0.15, 0.2) is 12.7 Å². The first-order chi connectivity index (χ1) is 5.40. The highest BCUT2D eigenvalue weighted by molar-refractivity contribution is 4.84. The molecule has 0 amide bonds. The SMILES string of the molecule is C=CC(C)NCC(F)(F)C(F)F. The molecular weight excluding hydrogens is 174 g/mol. The van der Waals surface area contributed by atoms with Crippen molar-refractivity contribution in [1.29, 1.82) is 0 Å². The molecule has 1 unspecified atom stereocenters. The summed E-state index contributed by atoms with van der Waals surface area (Å²) < 4.78 is 47.5. The second kappa shape index (κ2) is 4.45. The van der Waals surface area contributed by atoms with E-state index in [0.29, 0.717) is 0 Å². The molecule has 0 rings (SSSR count). The molecule has 0 aromatic heterocycles. The van der Waals surface area contributed by atoms with Gasteiger partial charge in [0.25, 0.3) is 0 Å². The third kappa shape index (κ3) is 3.71. The van der Waals surface area contributed by atoms with Crippen molar-refractivity contribution >= 4 is 0 Å². The number of halogens is 4. The lowest BCUT2D eigenvalue weighted by atomic mass is 10.3. The molecule has 0 aliphatic heterocycles. The summed E-state index contributed by atoms with van der Waals surface area (Å²) in [4.78, 5) is 0. The lowest BCUT2D eigenvalue weighted by Gasteiger charge is -2.17. The van der Waals surface area contributed by atoms with Crippen LogP contribution in [0.1, 0.15) is 6.92 Å². The zero-order chi connectivity index (χ0) is 9.78. The molecule has 0 spiro atoms. The van der Waals surface area contributed by atoms with E-state index < -0.39 is 24.9 Å². The maximum atomic E-state index is 12.2. The Balaban J connectivity index is 3.83. The first-order valence-corrected chi connectivity index (χ1v) is 3.42. The van der Waals surface area contributed by atoms with Crippen LogP contribution in [0.4, 0.5) is 17.6 Å². The van der Waals surface area contributed by atoms with Crippen LogP contribution >= 0.6 is 0 Å². The highest BCUT2D eigenvalue weighted by Crippen LogP contribution is 2.21. The lowest BCUT2D eigenvalue weighted by molar-refractivity contribution is -0.125. The molecule has 1 nitrogen and oxygen atoms in total. The zero-order valence-corrected chi connectivity index (χ0v) is 6.66. The van der Waals surface area contributed by atoms with E-state index in [2.05, 4.69) is 11.9 Å². The standard InChI is InChI=1S/C7H11F4N/c1-3-5(2)12-4-7(10,11)6(8)9/h3,5-6,12H,1,4H2,2H3. The van der Waals surface area contributed by atoms with Crippen molar-refractivity contribution in [1.82, 2.24) is 5.32 Å². The normalized spacial score (nSPS) is 14.8. The van der Waals surface area contributed by atoms with Gasteiger partial charge >= 0.3 is 12.3 Å². The van der Waals surface area contributed by atoms with E-state index in [4.69, 9.17) is 0 Å². The van der Waals surface area contributed by atoms with Crippen molar-refractivity contribution in [2.75, 3.05) is 6.54 Å². The minimum Gasteiger partial charge on any atom is -0.305 e. The predicted molar refractivity (Wildman–Crippen MR) is 38.6 cm³/mol. The third-order valence-corrected chi connectivity index (χ3v) is 1.33. The van der Waals surface area contributed by atoms with E-state index >= 15 is 0 Å². The van der Waals surface area contributed by atoms with Gasteiger partial charge < -0.3 is 5.32 Å². The Hall–Kier alpha value is -0.580. The molecule has 0 radical (unpaired) electrons. The van der Waals surface area contributed by atoms with Crippen LogP contribution in [0.3, 0.4) is 0 Å². The summed E-state index contributed by atoms with van der Waals surface area (Å²) in [5, 5.41) is 2.21. The largest absolute Gasteiger partial charge is 0.319 e. The highest BCUT2D eigenvalue weighted by atomic mass is 19.3. The van der Waals surface area contributed by atoms with E-state index in [1.165, 1.54) is 6.08 Å². The smallest absolute Gasteiger partial charge is 0.305 e. The van der Waals surface area contributed by atoms with Crippen molar-refractivity contribution in [2.24, 2.45) is 0 Å². The molecule has 0 saturated carbocycles. The van der Waals surface area contributed by atoms with Gasteiger partial charge in [-0.1, -0.05) is 6.08 Å². The highest BCUT2D eigenvalue weighted by Gasteiger charge is 2.40. The summed E-state index contributed by atoms with van der Waals surface area (Å²) in [6.45, 7) is 3.83. The molecule has 0 saturated heterocycles. The second-order valence-corrected chi connectivity index (χ2v) is 2.47. The van der Waals surface area contributed by atoms with Crippen molar-refractivity contribution in [3.05, 3.63) is 12.7 Å². The van der Waals surface area contributed by atoms with Gasteiger partial charge in [0.15, 0.2) is 0 Å². The van der Waals surface area contributed by atoms with Crippen LogP contribution in [0.5, 0.6) is 0 Å². The Morgan fingerprint density at radius 3 is 2.33 bits per heavy atom. The van der Waals surface area contributed by atoms with Gasteiger partial charge in [0, 0.05) is 6.04 Å². The molecule has 0 heterocycles. The summed E-state index contributed by atoms with van der Waals surface area (Å²) in [5.41, 5.74) is 0. The molecular formula is C7H11F4N. The third-order valence-electron chi connectivity index (χ3n) is 1.33. The number of nitrogens with one attached hydrogen (secondary N) is 1. The van der Waals surface area contributed by atoms with Gasteiger partial charge in [0.05, 0.1) is 6.54 Å². The molecule has 0 aromatic carbocycles. The minimum atomic E-state index is -3.96. The average molecular weight is 185 g/mol. The summed E-state index contributed by atoms with van der Waals surface area (Å²) in [5.74, 6) is -3.96. The van der Waals surface area contributed by atoms with Gasteiger partial charge in [-0.3, -0.25) is 0 Å². The van der Waals surface area contributed by atoms with E-state index in [0.717, 1.165) is 0 Å². The molecule has 72 valence electrons. The average Bonchev–Trinajstić information content (AvgIpc) is 2.00. The Labute approximate surface area is 68.5 Å². The van der Waals surface area contributed by atoms with Gasteiger partial charge in [-0.05, 0) is 6.92 Å². The molecule has 0 aromatic rings. The molecule has 1 atom stereocenters. The van der Waals surface area contributed by atoms with E-state index in [9.17, 15) is 17.6 Å². The van der Waals surface area contributed by atoms with E-state index in [1.54, 1.807) is 6.92 Å². The Morgan fingerprint density at radius 1 is 1.50 bits per heavy atom. The molecule has 5 heteroatoms. The van der Waals surface area contributed by atoms with Gasteiger partial charge in [-0.15, -0.1) is 6.58 Å². The van der Waals surface area contributed by atoms with Gasteiger partial charge in [-0.2, -0.15) is 8.78 Å². The van der Waals surface area contributed by atoms with Gasteiger partial charge in [0.2, 0.25) is 0 Å². The van der Waals surface area contributed by atoms with Crippen LogP contribution in [-0.2, 0) is 0 Å². The molecule has 0 fully saturated rings. The maximum Gasteiger partial charge on any atom is 0.319 e. The molecule has 0 bridgehead atoms. The van der Waals surface area contributed by atoms with Crippen LogP contribution in [0.25, 0.3) is 0 Å². The summed E-state index contributed by atoms with van der Waals surface area (Å²) in [6.07, 6.45) is -2.26. The van der Waals surface area contributed by atoms with Crippen LogP contribution in [-0.4, -0.2) is 24.9 Å². The fourth-order valence-corrected chi connectivity index (χ4v) is 0.458. The van der Waals surface area contributed by atoms with Crippen LogP contribution < -0.4 is 5.32 Å². The van der Waals surface area contributed by atoms with Gasteiger partial charge in [0.1, 0.15) is 0 Å². The van der Waals surface area contributed by atoms with E-state index in [-0.39, 0.29) is 0 Å². The van der Waals surface area contributed by atoms with Gasteiger partial charge in [-0.25, -0.2) is 8.78 Å². The number of alkyl halides is 4. The number of hydrogen-bond acceptors (Lipinski definition) is 1. The predicted octanol–water partition coefficient (Wildman–Crippen LogP) is 2.05. The summed E-state index contributed by atoms with van der Waals surface area (Å²) >= 11 is 0. The molecule has 0 aliphatic carbocycles. The fourth-order valence-electron chi connectivity index (χ4n) is 0.458. The number of hydrogen-bond donors (Lipinski definition) is 1. The first-order valence-electron chi connectivity index (χ1n) is 3.42. The van der Waals surface area contributed by atoms with Crippen molar-refractivity contribution in [3.8, 4) is 0 Å². The molecule has 1 N–H and O–H groups in total. The van der Waals surface area contributed by atoms with Crippen molar-refractivity contribution < 1.29 is 17.6 Å². The van der Waals surface area contributed by atoms with E-state index in [1.807, 2.05) is 0 Å². The molecule has 12 heavy (non-hydrogen) atoms. The summed E-state index contributed by atoms with van der Waals surface area (Å²) in [6, 6.07) is -0.394. The number of rotatable bonds is 5. The summed E-state index contributed by atoms with van der Waals surface area (Å²) in [7, 11) is 0. The first kappa shape index (κ1) is 11.4. The van der Waals surface area contributed by atoms with Crippen LogP contribution in [0.2, 0.25) is 0 Å². The van der Waals surface area contributed by atoms with Crippen molar-refractivity contribution in [2.45, 2.75) is 25.3 Å². The maximum absolute atomic E-state index is 12.2. The van der Waals surface area contributed by atoms with Crippen LogP contribution in [0, 0.1) is 0 Å². The lowest BCUT2D eigenvalue weighted by Crippen LogP contribution is -2.41. The quantitative estimate of drug-likeness (QED) is 0.510. The monoisotopic (exact) mass is 185 g/mol. The Morgan fingerprint density at radius 2 is 2.00 bits per heavy atom. The molecule has 0 aliphatic rings. The van der Waals surface area contributed by atoms with Crippen molar-refractivity contribution in [3.63, 3.8) is 0 Å². The zero-order valence-electron chi connectivity index (χ0n) is 6.66. The minimum absolute atomic E-state index is 0.394.